The van der Waals surface area contributed by atoms with Crippen LogP contribution >= 0.6 is 0 Å². The number of nitrogens with one attached hydrogen (secondary N) is 1. The molecule has 0 fully saturated rings. The van der Waals surface area contributed by atoms with Gasteiger partial charge >= 0.3 is 5.69 Å². The summed E-state index contributed by atoms with van der Waals surface area (Å²) in [6.07, 6.45) is 1.62. The molecule has 6 heteroatoms. The number of para-hydroxylation sites is 1. The second-order valence-corrected chi connectivity index (χ2v) is 3.75. The summed E-state index contributed by atoms with van der Waals surface area (Å²) in [6.45, 7) is 0. The molecule has 0 bridgehead atoms. The van der Waals surface area contributed by atoms with Crippen molar-refractivity contribution in [1.29, 1.82) is 0 Å². The first kappa shape index (κ1) is 8.51. The molecular weight excluding hydrogens is 220 g/mol. The van der Waals surface area contributed by atoms with Crippen LogP contribution in [-0.4, -0.2) is 19.8 Å². The fraction of sp³-hybridized carbons (Fsp3) is 0. The Bertz CT molecular complexity index is 915. The van der Waals surface area contributed by atoms with Crippen LogP contribution in [0.5, 0.6) is 0 Å². The van der Waals surface area contributed by atoms with Crippen LogP contribution in [-0.2, 0) is 0 Å². The van der Waals surface area contributed by atoms with Crippen LogP contribution < -0.4 is 5.69 Å². The van der Waals surface area contributed by atoms with Crippen LogP contribution in [0.4, 0.5) is 0 Å². The smallest absolute Gasteiger partial charge is 0.364 e. The summed E-state index contributed by atoms with van der Waals surface area (Å²) in [6, 6.07) is 7.64. The highest BCUT2D eigenvalue weighted by molar-refractivity contribution is 6.08. The summed E-state index contributed by atoms with van der Waals surface area (Å²) in [5.74, 6) is 0. The zero-order chi connectivity index (χ0) is 11.4. The quantitative estimate of drug-likeness (QED) is 0.490. The van der Waals surface area contributed by atoms with Crippen molar-refractivity contribution < 1.29 is 4.42 Å². The molecule has 0 atom stereocenters. The van der Waals surface area contributed by atoms with Gasteiger partial charge in [0.15, 0.2) is 5.58 Å². The molecule has 0 unspecified atom stereocenters. The van der Waals surface area contributed by atoms with Gasteiger partial charge in [0.25, 0.3) is 0 Å². The Kier molecular flexibility index (Phi) is 1.37. The van der Waals surface area contributed by atoms with E-state index in [1.165, 1.54) is 4.52 Å². The zero-order valence-electron chi connectivity index (χ0n) is 8.54. The highest BCUT2D eigenvalue weighted by atomic mass is 16.3. The van der Waals surface area contributed by atoms with E-state index in [9.17, 15) is 4.79 Å². The molecule has 4 aromatic rings. The Balaban J connectivity index is 2.38. The van der Waals surface area contributed by atoms with Crippen LogP contribution in [0.25, 0.3) is 27.6 Å². The fourth-order valence-corrected chi connectivity index (χ4v) is 2.02. The topological polar surface area (TPSA) is 76.2 Å². The molecule has 82 valence electrons. The van der Waals surface area contributed by atoms with Crippen molar-refractivity contribution >= 4 is 27.6 Å². The third-order valence-corrected chi connectivity index (χ3v) is 2.79. The molecule has 0 aliphatic rings. The monoisotopic (exact) mass is 226 g/mol. The number of benzene rings is 1. The van der Waals surface area contributed by atoms with Gasteiger partial charge < -0.3 is 4.42 Å². The Hall–Kier alpha value is -2.63. The van der Waals surface area contributed by atoms with Crippen molar-refractivity contribution in [2.45, 2.75) is 0 Å². The average molecular weight is 226 g/mol. The lowest BCUT2D eigenvalue weighted by Gasteiger charge is -1.89. The first-order chi connectivity index (χ1) is 8.34. The predicted octanol–water partition coefficient (Wildman–Crippen LogP) is 1.32. The van der Waals surface area contributed by atoms with E-state index in [0.29, 0.717) is 11.2 Å². The lowest BCUT2D eigenvalue weighted by Crippen LogP contribution is -2.11. The van der Waals surface area contributed by atoms with Gasteiger partial charge in [-0.1, -0.05) is 18.2 Å². The Morgan fingerprint density at radius 1 is 1.24 bits per heavy atom. The molecule has 0 saturated heterocycles. The van der Waals surface area contributed by atoms with Crippen LogP contribution in [0.2, 0.25) is 0 Å². The van der Waals surface area contributed by atoms with Gasteiger partial charge in [-0.15, -0.1) is 5.10 Å². The third-order valence-electron chi connectivity index (χ3n) is 2.79. The molecule has 0 spiro atoms. The molecule has 0 amide bonds. The Morgan fingerprint density at radius 2 is 2.12 bits per heavy atom. The van der Waals surface area contributed by atoms with Crippen molar-refractivity contribution in [3.05, 3.63) is 40.9 Å². The summed E-state index contributed by atoms with van der Waals surface area (Å²) >= 11 is 0. The van der Waals surface area contributed by atoms with Gasteiger partial charge in [0.2, 0.25) is 5.65 Å². The number of aromatic amines is 1. The summed E-state index contributed by atoms with van der Waals surface area (Å²) < 4.78 is 6.88. The number of rotatable bonds is 0. The summed E-state index contributed by atoms with van der Waals surface area (Å²) in [7, 11) is 0. The third kappa shape index (κ3) is 0.963. The maximum atomic E-state index is 11.4. The maximum Gasteiger partial charge on any atom is 0.364 e. The van der Waals surface area contributed by atoms with Crippen LogP contribution in [0.3, 0.4) is 0 Å². The zero-order valence-corrected chi connectivity index (χ0v) is 8.54. The summed E-state index contributed by atoms with van der Waals surface area (Å²) in [5.41, 5.74) is 1.36. The van der Waals surface area contributed by atoms with Crippen molar-refractivity contribution in [2.24, 2.45) is 0 Å². The van der Waals surface area contributed by atoms with Crippen LogP contribution in [0.1, 0.15) is 0 Å². The van der Waals surface area contributed by atoms with Gasteiger partial charge in [-0.25, -0.2) is 9.89 Å². The van der Waals surface area contributed by atoms with E-state index in [-0.39, 0.29) is 5.69 Å². The molecule has 3 aromatic heterocycles. The van der Waals surface area contributed by atoms with Gasteiger partial charge in [0.05, 0.1) is 11.6 Å². The SMILES string of the molecule is O=c1[nH]nc2c3oc4ccccc4c3cnn12. The molecule has 0 radical (unpaired) electrons. The number of aromatic nitrogens is 4. The van der Waals surface area contributed by atoms with Crippen molar-refractivity contribution in [2.75, 3.05) is 0 Å². The molecule has 3 heterocycles. The van der Waals surface area contributed by atoms with E-state index >= 15 is 0 Å². The highest BCUT2D eigenvalue weighted by Gasteiger charge is 2.13. The molecule has 4 rings (SSSR count). The highest BCUT2D eigenvalue weighted by Crippen LogP contribution is 2.28. The summed E-state index contributed by atoms with van der Waals surface area (Å²) in [5, 5.41) is 12.1. The Morgan fingerprint density at radius 3 is 3.06 bits per heavy atom. The van der Waals surface area contributed by atoms with E-state index in [4.69, 9.17) is 4.42 Å². The molecule has 1 N–H and O–H groups in total. The van der Waals surface area contributed by atoms with E-state index in [2.05, 4.69) is 15.3 Å². The van der Waals surface area contributed by atoms with Crippen molar-refractivity contribution in [3.8, 4) is 0 Å². The van der Waals surface area contributed by atoms with Gasteiger partial charge in [-0.2, -0.15) is 9.61 Å². The minimum atomic E-state index is -0.373. The molecule has 0 saturated carbocycles. The van der Waals surface area contributed by atoms with Crippen molar-refractivity contribution in [1.82, 2.24) is 19.8 Å². The van der Waals surface area contributed by atoms with E-state index < -0.39 is 0 Å². The largest absolute Gasteiger partial charge is 0.452 e. The lowest BCUT2D eigenvalue weighted by atomic mass is 10.2. The van der Waals surface area contributed by atoms with E-state index in [1.54, 1.807) is 6.20 Å². The minimum absolute atomic E-state index is 0.373. The second kappa shape index (κ2) is 2.73. The van der Waals surface area contributed by atoms with Crippen LogP contribution in [0.15, 0.2) is 39.7 Å². The number of hydrogen-bond acceptors (Lipinski definition) is 4. The first-order valence-corrected chi connectivity index (χ1v) is 5.08. The normalized spacial score (nSPS) is 11.8. The fourth-order valence-electron chi connectivity index (χ4n) is 2.02. The maximum absolute atomic E-state index is 11.4. The van der Waals surface area contributed by atoms with Gasteiger partial charge in [-0.3, -0.25) is 0 Å². The number of fused-ring (bicyclic) bond motifs is 5. The molecule has 17 heavy (non-hydrogen) atoms. The Labute approximate surface area is 93.5 Å². The molecule has 0 aliphatic carbocycles. The molecular formula is C11H6N4O2. The minimum Gasteiger partial charge on any atom is -0.452 e. The standard InChI is InChI=1S/C11H6N4O2/c16-11-14-13-10-9-7(5-12-15(10)11)6-3-1-2-4-8(6)17-9/h1-5H,(H,14,16). The summed E-state index contributed by atoms with van der Waals surface area (Å²) in [4.78, 5) is 11.4. The van der Waals surface area contributed by atoms with Crippen molar-refractivity contribution in [3.63, 3.8) is 0 Å². The number of nitrogens with zero attached hydrogens (tertiary/aromatic N) is 3. The number of H-pyrrole nitrogens is 1. The van der Waals surface area contributed by atoms with E-state index in [1.807, 2.05) is 24.3 Å². The molecule has 6 nitrogen and oxygen atoms in total. The lowest BCUT2D eigenvalue weighted by molar-refractivity contribution is 0.667. The number of hydrogen-bond donors (Lipinski definition) is 1. The predicted molar refractivity (Wildman–Crippen MR) is 60.9 cm³/mol. The van der Waals surface area contributed by atoms with Gasteiger partial charge in [0, 0.05) is 5.39 Å². The second-order valence-electron chi connectivity index (χ2n) is 3.75. The number of furan rings is 1. The average Bonchev–Trinajstić information content (AvgIpc) is 2.90. The van der Waals surface area contributed by atoms with E-state index in [0.717, 1.165) is 16.4 Å². The van der Waals surface area contributed by atoms with Gasteiger partial charge in [0.1, 0.15) is 5.58 Å². The molecule has 0 aliphatic heterocycles. The van der Waals surface area contributed by atoms with Crippen LogP contribution in [0, 0.1) is 0 Å². The first-order valence-electron chi connectivity index (χ1n) is 5.08. The molecule has 1 aromatic carbocycles. The van der Waals surface area contributed by atoms with Gasteiger partial charge in [-0.05, 0) is 6.07 Å².